The molecule has 3 nitrogen and oxygen atoms in total. The van der Waals surface area contributed by atoms with E-state index in [1.165, 1.54) is 12.8 Å². The zero-order valence-electron chi connectivity index (χ0n) is 10.2. The van der Waals surface area contributed by atoms with Crippen LogP contribution in [-0.2, 0) is 11.3 Å². The molecule has 0 aliphatic heterocycles. The molecule has 3 heteroatoms. The van der Waals surface area contributed by atoms with E-state index in [-0.39, 0.29) is 0 Å². The largest absolute Gasteiger partial charge is 0.462 e. The van der Waals surface area contributed by atoms with Gasteiger partial charge in [-0.1, -0.05) is 6.92 Å². The summed E-state index contributed by atoms with van der Waals surface area (Å²) in [5, 5.41) is 3.57. The second-order valence-corrected chi connectivity index (χ2v) is 4.51. The Morgan fingerprint density at radius 1 is 1.50 bits per heavy atom. The normalized spacial score (nSPS) is 17.6. The number of methoxy groups -OCH3 is 1. The molecule has 0 spiro atoms. The van der Waals surface area contributed by atoms with Gasteiger partial charge in [0.1, 0.15) is 18.1 Å². The summed E-state index contributed by atoms with van der Waals surface area (Å²) in [6.07, 6.45) is 3.80. The van der Waals surface area contributed by atoms with Crippen LogP contribution < -0.4 is 5.32 Å². The van der Waals surface area contributed by atoms with E-state index in [0.29, 0.717) is 12.6 Å². The van der Waals surface area contributed by atoms with E-state index in [2.05, 4.69) is 18.3 Å². The van der Waals surface area contributed by atoms with Gasteiger partial charge in [-0.2, -0.15) is 0 Å². The van der Waals surface area contributed by atoms with Gasteiger partial charge < -0.3 is 14.5 Å². The molecule has 90 valence electrons. The van der Waals surface area contributed by atoms with E-state index >= 15 is 0 Å². The van der Waals surface area contributed by atoms with Gasteiger partial charge >= 0.3 is 0 Å². The van der Waals surface area contributed by atoms with Gasteiger partial charge in [0.15, 0.2) is 0 Å². The Balaban J connectivity index is 1.99. The Morgan fingerprint density at radius 2 is 2.31 bits per heavy atom. The molecule has 1 aliphatic carbocycles. The first-order valence-electron chi connectivity index (χ1n) is 6.16. The van der Waals surface area contributed by atoms with Crippen LogP contribution in [0.3, 0.4) is 0 Å². The topological polar surface area (TPSA) is 34.4 Å². The second kappa shape index (κ2) is 5.51. The molecular weight excluding hydrogens is 202 g/mol. The third kappa shape index (κ3) is 2.86. The Hall–Kier alpha value is -0.800. The van der Waals surface area contributed by atoms with E-state index in [4.69, 9.17) is 9.15 Å². The van der Waals surface area contributed by atoms with E-state index in [1.54, 1.807) is 7.11 Å². The number of ether oxygens (including phenoxy) is 1. The van der Waals surface area contributed by atoms with Crippen LogP contribution in [0.1, 0.15) is 43.7 Å². The highest BCUT2D eigenvalue weighted by Gasteiger charge is 2.33. The Kier molecular flexibility index (Phi) is 4.02. The average molecular weight is 223 g/mol. The molecule has 1 heterocycles. The van der Waals surface area contributed by atoms with Crippen LogP contribution in [0, 0.1) is 5.92 Å². The summed E-state index contributed by atoms with van der Waals surface area (Å²) in [5.41, 5.74) is 0. The molecule has 2 rings (SSSR count). The Labute approximate surface area is 97.2 Å². The quantitative estimate of drug-likeness (QED) is 0.771. The number of hydrogen-bond donors (Lipinski definition) is 1. The van der Waals surface area contributed by atoms with Crippen LogP contribution in [0.2, 0.25) is 0 Å². The number of hydrogen-bond acceptors (Lipinski definition) is 3. The van der Waals surface area contributed by atoms with Crippen LogP contribution in [0.4, 0.5) is 0 Å². The van der Waals surface area contributed by atoms with Crippen LogP contribution in [0.5, 0.6) is 0 Å². The van der Waals surface area contributed by atoms with Gasteiger partial charge in [0.2, 0.25) is 0 Å². The minimum Gasteiger partial charge on any atom is -0.462 e. The molecule has 1 fully saturated rings. The number of rotatable bonds is 7. The predicted molar refractivity (Wildman–Crippen MR) is 63.2 cm³/mol. The van der Waals surface area contributed by atoms with Crippen molar-refractivity contribution in [1.29, 1.82) is 0 Å². The maximum atomic E-state index is 5.80. The van der Waals surface area contributed by atoms with Crippen molar-refractivity contribution in [3.05, 3.63) is 23.7 Å². The first-order valence-corrected chi connectivity index (χ1v) is 6.16. The van der Waals surface area contributed by atoms with Gasteiger partial charge in [0, 0.05) is 7.11 Å². The smallest absolute Gasteiger partial charge is 0.129 e. The maximum absolute atomic E-state index is 5.80. The highest BCUT2D eigenvalue weighted by Crippen LogP contribution is 2.41. The standard InChI is InChI=1S/C13H21NO2/c1-3-8-14-13(10-4-5-10)12-7-6-11(16-12)9-15-2/h6-7,10,13-14H,3-5,8-9H2,1-2H3. The Bertz CT molecular complexity index is 317. The van der Waals surface area contributed by atoms with Gasteiger partial charge in [-0.15, -0.1) is 0 Å². The summed E-state index contributed by atoms with van der Waals surface area (Å²) < 4.78 is 10.9. The minimum absolute atomic E-state index is 0.408. The van der Waals surface area contributed by atoms with Gasteiger partial charge in [0.25, 0.3) is 0 Å². The lowest BCUT2D eigenvalue weighted by atomic mass is 10.1. The molecule has 0 bridgehead atoms. The molecule has 1 saturated carbocycles. The van der Waals surface area contributed by atoms with Crippen LogP contribution in [0.25, 0.3) is 0 Å². The van der Waals surface area contributed by atoms with Crippen LogP contribution >= 0.6 is 0 Å². The zero-order chi connectivity index (χ0) is 11.4. The first kappa shape index (κ1) is 11.7. The van der Waals surface area contributed by atoms with Gasteiger partial charge in [-0.3, -0.25) is 0 Å². The fourth-order valence-electron chi connectivity index (χ4n) is 2.01. The SMILES string of the molecule is CCCNC(c1ccc(COC)o1)C1CC1. The molecule has 0 aromatic carbocycles. The van der Waals surface area contributed by atoms with Crippen molar-refractivity contribution in [2.24, 2.45) is 5.92 Å². The predicted octanol–water partition coefficient (Wildman–Crippen LogP) is 2.88. The first-order chi connectivity index (χ1) is 7.85. The second-order valence-electron chi connectivity index (χ2n) is 4.51. The Morgan fingerprint density at radius 3 is 2.94 bits per heavy atom. The molecule has 0 saturated heterocycles. The lowest BCUT2D eigenvalue weighted by Crippen LogP contribution is -2.23. The summed E-state index contributed by atoms with van der Waals surface area (Å²) in [7, 11) is 1.69. The van der Waals surface area contributed by atoms with Gasteiger partial charge in [0.05, 0.1) is 6.04 Å². The number of nitrogens with one attached hydrogen (secondary N) is 1. The molecule has 1 aromatic heterocycles. The van der Waals surface area contributed by atoms with Crippen LogP contribution in [-0.4, -0.2) is 13.7 Å². The number of furan rings is 1. The third-order valence-corrected chi connectivity index (χ3v) is 2.98. The van der Waals surface area contributed by atoms with E-state index in [9.17, 15) is 0 Å². The lowest BCUT2D eigenvalue weighted by molar-refractivity contribution is 0.161. The fourth-order valence-corrected chi connectivity index (χ4v) is 2.01. The maximum Gasteiger partial charge on any atom is 0.129 e. The molecule has 16 heavy (non-hydrogen) atoms. The van der Waals surface area contributed by atoms with Gasteiger partial charge in [-0.25, -0.2) is 0 Å². The molecule has 1 N–H and O–H groups in total. The molecule has 1 unspecified atom stereocenters. The molecular formula is C13H21NO2. The van der Waals surface area contributed by atoms with Crippen molar-refractivity contribution in [1.82, 2.24) is 5.32 Å². The molecule has 1 atom stereocenters. The zero-order valence-corrected chi connectivity index (χ0v) is 10.2. The summed E-state index contributed by atoms with van der Waals surface area (Å²) in [6, 6.07) is 4.51. The van der Waals surface area contributed by atoms with Crippen molar-refractivity contribution in [3.63, 3.8) is 0 Å². The summed E-state index contributed by atoms with van der Waals surface area (Å²) >= 11 is 0. The molecule has 1 aliphatic rings. The summed E-state index contributed by atoms with van der Waals surface area (Å²) in [5.74, 6) is 2.76. The van der Waals surface area contributed by atoms with Crippen molar-refractivity contribution in [2.45, 2.75) is 38.8 Å². The molecule has 0 radical (unpaired) electrons. The third-order valence-electron chi connectivity index (χ3n) is 2.98. The summed E-state index contributed by atoms with van der Waals surface area (Å²) in [4.78, 5) is 0. The highest BCUT2D eigenvalue weighted by molar-refractivity contribution is 5.13. The summed E-state index contributed by atoms with van der Waals surface area (Å²) in [6.45, 7) is 3.81. The van der Waals surface area contributed by atoms with Crippen molar-refractivity contribution in [3.8, 4) is 0 Å². The highest BCUT2D eigenvalue weighted by atomic mass is 16.5. The van der Waals surface area contributed by atoms with E-state index in [1.807, 2.05) is 6.07 Å². The van der Waals surface area contributed by atoms with Crippen LogP contribution in [0.15, 0.2) is 16.5 Å². The molecule has 0 amide bonds. The average Bonchev–Trinajstić information content (AvgIpc) is 3.01. The van der Waals surface area contributed by atoms with E-state index in [0.717, 1.165) is 30.4 Å². The fraction of sp³-hybridized carbons (Fsp3) is 0.692. The van der Waals surface area contributed by atoms with Crippen molar-refractivity contribution in [2.75, 3.05) is 13.7 Å². The van der Waals surface area contributed by atoms with E-state index < -0.39 is 0 Å². The lowest BCUT2D eigenvalue weighted by Gasteiger charge is -2.15. The van der Waals surface area contributed by atoms with Gasteiger partial charge in [-0.05, 0) is 43.9 Å². The van der Waals surface area contributed by atoms with Crippen molar-refractivity contribution >= 4 is 0 Å². The van der Waals surface area contributed by atoms with Crippen molar-refractivity contribution < 1.29 is 9.15 Å². The monoisotopic (exact) mass is 223 g/mol. The minimum atomic E-state index is 0.408. The molecule has 1 aromatic rings.